The van der Waals surface area contributed by atoms with Crippen LogP contribution in [0, 0.1) is 0 Å². The molecule has 2 fully saturated rings. The maximum Gasteiger partial charge on any atom is 0.191 e. The van der Waals surface area contributed by atoms with Gasteiger partial charge in [-0.1, -0.05) is 24.3 Å². The van der Waals surface area contributed by atoms with E-state index in [1.807, 2.05) is 7.05 Å². The van der Waals surface area contributed by atoms with Gasteiger partial charge in [-0.05, 0) is 37.8 Å². The van der Waals surface area contributed by atoms with Gasteiger partial charge in [-0.2, -0.15) is 0 Å². The van der Waals surface area contributed by atoms with E-state index in [1.54, 1.807) is 0 Å². The molecule has 0 aliphatic carbocycles. The third-order valence-corrected chi connectivity index (χ3v) is 5.79. The molecule has 1 aromatic rings. The van der Waals surface area contributed by atoms with Crippen LogP contribution in [-0.2, 0) is 17.8 Å². The normalized spacial score (nSPS) is 19.8. The maximum atomic E-state index is 5.44. The Morgan fingerprint density at radius 3 is 2.48 bits per heavy atom. The lowest BCUT2D eigenvalue weighted by Crippen LogP contribution is -2.49. The van der Waals surface area contributed by atoms with E-state index in [9.17, 15) is 0 Å². The van der Waals surface area contributed by atoms with Crippen LogP contribution in [0.4, 0.5) is 0 Å². The summed E-state index contributed by atoms with van der Waals surface area (Å²) in [4.78, 5) is 9.43. The Labute approximate surface area is 193 Å². The zero-order valence-corrected chi connectivity index (χ0v) is 20.5. The van der Waals surface area contributed by atoms with E-state index in [0.29, 0.717) is 12.1 Å². The van der Waals surface area contributed by atoms with Gasteiger partial charge in [0.1, 0.15) is 0 Å². The number of nitrogens with zero attached hydrogens (tertiary/aromatic N) is 3. The van der Waals surface area contributed by atoms with E-state index in [2.05, 4.69) is 63.5 Å². The van der Waals surface area contributed by atoms with Crippen molar-refractivity contribution < 1.29 is 4.74 Å². The van der Waals surface area contributed by atoms with Crippen molar-refractivity contribution in [1.29, 1.82) is 0 Å². The number of morpholine rings is 1. The number of likely N-dealkylation sites (tertiary alicyclic amines) is 1. The van der Waals surface area contributed by atoms with Gasteiger partial charge >= 0.3 is 0 Å². The minimum Gasteiger partial charge on any atom is -0.379 e. The molecule has 0 radical (unpaired) electrons. The molecular formula is C22H38IN5O. The molecule has 29 heavy (non-hydrogen) atoms. The number of aliphatic imine (C=N–C) groups is 1. The van der Waals surface area contributed by atoms with Gasteiger partial charge in [0.05, 0.1) is 13.2 Å². The van der Waals surface area contributed by atoms with Crippen LogP contribution in [0.15, 0.2) is 29.3 Å². The minimum atomic E-state index is 0. The average molecular weight is 515 g/mol. The molecule has 2 aliphatic heterocycles. The Balaban J connectivity index is 0.00000300. The number of piperidine rings is 1. The van der Waals surface area contributed by atoms with Crippen LogP contribution >= 0.6 is 24.0 Å². The summed E-state index contributed by atoms with van der Waals surface area (Å²) in [6.45, 7) is 12.4. The quantitative estimate of drug-likeness (QED) is 0.347. The van der Waals surface area contributed by atoms with Crippen LogP contribution in [0.5, 0.6) is 0 Å². The molecule has 0 saturated carbocycles. The van der Waals surface area contributed by atoms with Crippen LogP contribution in [-0.4, -0.2) is 74.3 Å². The third-order valence-electron chi connectivity index (χ3n) is 5.79. The first-order valence-electron chi connectivity index (χ1n) is 10.7. The Hall–Kier alpha value is -0.900. The van der Waals surface area contributed by atoms with Crippen molar-refractivity contribution in [1.82, 2.24) is 20.4 Å². The second-order valence-electron chi connectivity index (χ2n) is 8.18. The standard InChI is InChI=1S/C22H37N5O.HI/c1-18(2)27-9-7-21(8-10-27)25-22(23-3)24-16-19-5-4-6-20(15-19)17-26-11-13-28-14-12-26;/h4-6,15,18,21H,7-14,16-17H2,1-3H3,(H2,23,24,25);1H. The van der Waals surface area contributed by atoms with Crippen LogP contribution in [0.25, 0.3) is 0 Å². The molecule has 2 saturated heterocycles. The summed E-state index contributed by atoms with van der Waals surface area (Å²) in [7, 11) is 1.85. The highest BCUT2D eigenvalue weighted by Gasteiger charge is 2.21. The van der Waals surface area contributed by atoms with Gasteiger partial charge in [0.15, 0.2) is 5.96 Å². The third kappa shape index (κ3) is 8.03. The summed E-state index contributed by atoms with van der Waals surface area (Å²) in [5, 5.41) is 7.10. The Kier molecular flexibility index (Phi) is 10.7. The summed E-state index contributed by atoms with van der Waals surface area (Å²) in [5.41, 5.74) is 2.66. The van der Waals surface area contributed by atoms with Crippen LogP contribution in [0.2, 0.25) is 0 Å². The highest BCUT2D eigenvalue weighted by atomic mass is 127. The number of guanidine groups is 1. The predicted octanol–water partition coefficient (Wildman–Crippen LogP) is 2.67. The molecule has 0 bridgehead atoms. The smallest absolute Gasteiger partial charge is 0.191 e. The second-order valence-corrected chi connectivity index (χ2v) is 8.18. The number of hydrogen-bond donors (Lipinski definition) is 2. The molecule has 6 nitrogen and oxygen atoms in total. The van der Waals surface area contributed by atoms with Gasteiger partial charge in [-0.15, -0.1) is 24.0 Å². The highest BCUT2D eigenvalue weighted by molar-refractivity contribution is 14.0. The van der Waals surface area contributed by atoms with Gasteiger partial charge in [0.25, 0.3) is 0 Å². The first kappa shape index (κ1) is 24.4. The topological polar surface area (TPSA) is 52.1 Å². The molecule has 0 unspecified atom stereocenters. The molecule has 0 spiro atoms. The van der Waals surface area contributed by atoms with Crippen LogP contribution in [0.1, 0.15) is 37.8 Å². The Bertz CT molecular complexity index is 625. The summed E-state index contributed by atoms with van der Waals surface area (Å²) in [6.07, 6.45) is 2.35. The number of halogens is 1. The second kappa shape index (κ2) is 12.7. The van der Waals surface area contributed by atoms with E-state index in [1.165, 1.54) is 24.0 Å². The number of hydrogen-bond acceptors (Lipinski definition) is 4. The lowest BCUT2D eigenvalue weighted by Gasteiger charge is -2.35. The molecule has 3 rings (SSSR count). The van der Waals surface area contributed by atoms with Crippen LogP contribution < -0.4 is 10.6 Å². The van der Waals surface area contributed by atoms with E-state index in [0.717, 1.165) is 58.4 Å². The van der Waals surface area contributed by atoms with Gasteiger partial charge in [0, 0.05) is 58.4 Å². The van der Waals surface area contributed by atoms with Gasteiger partial charge in [-0.3, -0.25) is 9.89 Å². The minimum absolute atomic E-state index is 0. The first-order chi connectivity index (χ1) is 13.6. The van der Waals surface area contributed by atoms with Crippen molar-refractivity contribution in [2.24, 2.45) is 4.99 Å². The first-order valence-corrected chi connectivity index (χ1v) is 10.7. The van der Waals surface area contributed by atoms with E-state index >= 15 is 0 Å². The molecule has 1 aromatic carbocycles. The van der Waals surface area contributed by atoms with Crippen molar-refractivity contribution in [3.63, 3.8) is 0 Å². The van der Waals surface area contributed by atoms with E-state index in [-0.39, 0.29) is 24.0 Å². The molecule has 2 aliphatic rings. The summed E-state index contributed by atoms with van der Waals surface area (Å²) in [5.74, 6) is 0.904. The number of benzene rings is 1. The number of rotatable bonds is 6. The van der Waals surface area contributed by atoms with E-state index in [4.69, 9.17) is 4.74 Å². The number of ether oxygens (including phenoxy) is 1. The lowest BCUT2D eigenvalue weighted by atomic mass is 10.0. The largest absolute Gasteiger partial charge is 0.379 e. The molecule has 2 N–H and O–H groups in total. The van der Waals surface area contributed by atoms with E-state index < -0.39 is 0 Å². The molecule has 164 valence electrons. The van der Waals surface area contributed by atoms with Crippen molar-refractivity contribution >= 4 is 29.9 Å². The lowest BCUT2D eigenvalue weighted by molar-refractivity contribution is 0.0342. The fourth-order valence-corrected chi connectivity index (χ4v) is 3.99. The van der Waals surface area contributed by atoms with Crippen molar-refractivity contribution in [3.8, 4) is 0 Å². The molecule has 0 aromatic heterocycles. The predicted molar refractivity (Wildman–Crippen MR) is 131 cm³/mol. The summed E-state index contributed by atoms with van der Waals surface area (Å²) < 4.78 is 5.44. The average Bonchev–Trinajstić information content (AvgIpc) is 2.72. The fourth-order valence-electron chi connectivity index (χ4n) is 3.99. The highest BCUT2D eigenvalue weighted by Crippen LogP contribution is 2.13. The van der Waals surface area contributed by atoms with Gasteiger partial charge in [0.2, 0.25) is 0 Å². The summed E-state index contributed by atoms with van der Waals surface area (Å²) >= 11 is 0. The zero-order chi connectivity index (χ0) is 19.8. The SMILES string of the molecule is CN=C(NCc1cccc(CN2CCOCC2)c1)NC1CCN(C(C)C)CC1.I. The summed E-state index contributed by atoms with van der Waals surface area (Å²) in [6, 6.07) is 10.0. The van der Waals surface area contributed by atoms with Gasteiger partial charge in [-0.25, -0.2) is 0 Å². The van der Waals surface area contributed by atoms with Crippen molar-refractivity contribution in [2.45, 2.75) is 51.9 Å². The molecular weight excluding hydrogens is 477 g/mol. The molecule has 2 heterocycles. The number of nitrogens with one attached hydrogen (secondary N) is 2. The Morgan fingerprint density at radius 1 is 1.14 bits per heavy atom. The fraction of sp³-hybridized carbons (Fsp3) is 0.682. The monoisotopic (exact) mass is 515 g/mol. The molecule has 7 heteroatoms. The van der Waals surface area contributed by atoms with Gasteiger partial charge < -0.3 is 20.3 Å². The molecule has 0 atom stereocenters. The van der Waals surface area contributed by atoms with Crippen molar-refractivity contribution in [3.05, 3.63) is 35.4 Å². The van der Waals surface area contributed by atoms with Crippen LogP contribution in [0.3, 0.4) is 0 Å². The van der Waals surface area contributed by atoms with Crippen molar-refractivity contribution in [2.75, 3.05) is 46.4 Å². The zero-order valence-electron chi connectivity index (χ0n) is 18.2. The molecule has 0 amide bonds. The maximum absolute atomic E-state index is 5.44. The Morgan fingerprint density at radius 2 is 1.83 bits per heavy atom.